The SMILES string of the molecule is CCCCCCCCCC/C=C/CCCCCCCC[N+](C(CCC)C(=O)[O-])(C(CCC)C(=O)O)C(CCC)C(=O)O. The van der Waals surface area contributed by atoms with Gasteiger partial charge in [-0.15, -0.1) is 0 Å². The van der Waals surface area contributed by atoms with Crippen molar-refractivity contribution in [3.63, 3.8) is 0 Å². The third-order valence-electron chi connectivity index (χ3n) is 8.83. The highest BCUT2D eigenvalue weighted by atomic mass is 16.4. The predicted molar refractivity (Wildman–Crippen MR) is 170 cm³/mol. The average molecular weight is 596 g/mol. The molecule has 7 heteroatoms. The molecule has 0 aliphatic rings. The smallest absolute Gasteiger partial charge is 0.362 e. The molecule has 3 atom stereocenters. The van der Waals surface area contributed by atoms with E-state index in [-0.39, 0.29) is 25.8 Å². The number of unbranched alkanes of at least 4 members (excludes halogenated alkanes) is 14. The quantitative estimate of drug-likeness (QED) is 0.0493. The monoisotopic (exact) mass is 595 g/mol. The normalized spacial score (nSPS) is 15.3. The number of carboxylic acids is 3. The maximum atomic E-state index is 12.6. The highest BCUT2D eigenvalue weighted by molar-refractivity contribution is 5.77. The molecule has 0 rings (SSSR count). The van der Waals surface area contributed by atoms with Crippen molar-refractivity contribution in [1.29, 1.82) is 0 Å². The Labute approximate surface area is 257 Å². The molecule has 0 aliphatic carbocycles. The van der Waals surface area contributed by atoms with Gasteiger partial charge in [0.25, 0.3) is 0 Å². The largest absolute Gasteiger partial charge is 0.544 e. The molecule has 0 saturated carbocycles. The lowest BCUT2D eigenvalue weighted by atomic mass is 9.91. The number of aliphatic carboxylic acids is 3. The van der Waals surface area contributed by atoms with Gasteiger partial charge in [-0.05, 0) is 51.4 Å². The van der Waals surface area contributed by atoms with Crippen molar-refractivity contribution in [3.05, 3.63) is 12.2 Å². The topological polar surface area (TPSA) is 115 Å². The summed E-state index contributed by atoms with van der Waals surface area (Å²) in [5.41, 5.74) is 0. The Morgan fingerprint density at radius 3 is 1.26 bits per heavy atom. The Hall–Kier alpha value is -1.89. The highest BCUT2D eigenvalue weighted by Crippen LogP contribution is 2.34. The van der Waals surface area contributed by atoms with Crippen LogP contribution in [0, 0.1) is 0 Å². The zero-order valence-corrected chi connectivity index (χ0v) is 27.6. The molecule has 0 saturated heterocycles. The highest BCUT2D eigenvalue weighted by Gasteiger charge is 2.54. The molecule has 0 bridgehead atoms. The number of nitrogens with zero attached hydrogens (tertiary/aromatic N) is 1. The minimum absolute atomic E-state index is 0.204. The van der Waals surface area contributed by atoms with Crippen LogP contribution in [0.1, 0.15) is 169 Å². The molecule has 0 spiro atoms. The van der Waals surface area contributed by atoms with E-state index in [9.17, 15) is 29.7 Å². The van der Waals surface area contributed by atoms with Gasteiger partial charge in [0.15, 0.2) is 12.1 Å². The van der Waals surface area contributed by atoms with Gasteiger partial charge in [0.05, 0.1) is 12.5 Å². The second-order valence-corrected chi connectivity index (χ2v) is 12.3. The van der Waals surface area contributed by atoms with Crippen LogP contribution in [0.2, 0.25) is 0 Å². The Morgan fingerprint density at radius 2 is 0.905 bits per heavy atom. The number of carboxylic acid groups (broad SMARTS) is 3. The number of carbonyl (C=O) groups excluding carboxylic acids is 1. The minimum atomic E-state index is -1.34. The third kappa shape index (κ3) is 15.5. The first-order valence-electron chi connectivity index (χ1n) is 17.4. The minimum Gasteiger partial charge on any atom is -0.544 e. The maximum Gasteiger partial charge on any atom is 0.362 e. The van der Waals surface area contributed by atoms with Gasteiger partial charge in [0.1, 0.15) is 6.04 Å². The molecule has 0 amide bonds. The van der Waals surface area contributed by atoms with Crippen LogP contribution in [0.15, 0.2) is 12.2 Å². The van der Waals surface area contributed by atoms with Crippen molar-refractivity contribution in [3.8, 4) is 0 Å². The number of rotatable bonds is 30. The van der Waals surface area contributed by atoms with E-state index in [0.717, 1.165) is 38.5 Å². The lowest BCUT2D eigenvalue weighted by Crippen LogP contribution is -2.74. The van der Waals surface area contributed by atoms with Crippen LogP contribution >= 0.6 is 0 Å². The Balaban J connectivity index is 4.95. The van der Waals surface area contributed by atoms with E-state index >= 15 is 0 Å². The lowest BCUT2D eigenvalue weighted by Gasteiger charge is -2.52. The summed E-state index contributed by atoms with van der Waals surface area (Å²) in [6.45, 7) is 8.06. The van der Waals surface area contributed by atoms with E-state index in [1.54, 1.807) is 0 Å². The van der Waals surface area contributed by atoms with Gasteiger partial charge in [-0.1, -0.05) is 110 Å². The second-order valence-electron chi connectivity index (χ2n) is 12.3. The first-order valence-corrected chi connectivity index (χ1v) is 17.4. The molecule has 0 aromatic rings. The zero-order valence-electron chi connectivity index (χ0n) is 27.6. The summed E-state index contributed by atoms with van der Waals surface area (Å²) in [4.78, 5) is 37.6. The first-order chi connectivity index (χ1) is 20.2. The molecular formula is C35H65NO6. The summed E-state index contributed by atoms with van der Waals surface area (Å²) in [6, 6.07) is -3.34. The lowest BCUT2D eigenvalue weighted by molar-refractivity contribution is -0.975. The van der Waals surface area contributed by atoms with E-state index in [2.05, 4.69) is 19.1 Å². The molecular weight excluding hydrogens is 530 g/mol. The van der Waals surface area contributed by atoms with Crippen LogP contribution in [0.3, 0.4) is 0 Å². The van der Waals surface area contributed by atoms with Gasteiger partial charge in [-0.2, -0.15) is 0 Å². The molecule has 246 valence electrons. The fraction of sp³-hybridized carbons (Fsp3) is 0.857. The number of hydrogen-bond acceptors (Lipinski definition) is 4. The molecule has 0 aromatic carbocycles. The van der Waals surface area contributed by atoms with Crippen molar-refractivity contribution in [2.75, 3.05) is 6.54 Å². The van der Waals surface area contributed by atoms with Gasteiger partial charge in [0, 0.05) is 19.3 Å². The van der Waals surface area contributed by atoms with E-state index in [0.29, 0.717) is 25.7 Å². The molecule has 0 fully saturated rings. The maximum absolute atomic E-state index is 12.6. The van der Waals surface area contributed by atoms with E-state index in [4.69, 9.17) is 0 Å². The van der Waals surface area contributed by atoms with Crippen LogP contribution in [-0.4, -0.2) is 57.3 Å². The Bertz CT molecular complexity index is 677. The van der Waals surface area contributed by atoms with Gasteiger partial charge < -0.3 is 20.1 Å². The number of carbonyl (C=O) groups is 3. The third-order valence-corrected chi connectivity index (χ3v) is 8.83. The van der Waals surface area contributed by atoms with Crippen LogP contribution in [-0.2, 0) is 14.4 Å². The predicted octanol–water partition coefficient (Wildman–Crippen LogP) is 8.05. The fourth-order valence-electron chi connectivity index (χ4n) is 6.62. The van der Waals surface area contributed by atoms with Crippen molar-refractivity contribution >= 4 is 17.9 Å². The van der Waals surface area contributed by atoms with Crippen LogP contribution in [0.4, 0.5) is 0 Å². The zero-order chi connectivity index (χ0) is 31.6. The molecule has 7 nitrogen and oxygen atoms in total. The van der Waals surface area contributed by atoms with Gasteiger partial charge in [-0.3, -0.25) is 4.48 Å². The average Bonchev–Trinajstić information content (AvgIpc) is 2.95. The molecule has 0 radical (unpaired) electrons. The number of allylic oxidation sites excluding steroid dienone is 2. The van der Waals surface area contributed by atoms with Crippen molar-refractivity contribution in [2.24, 2.45) is 0 Å². The molecule has 0 heterocycles. The summed E-state index contributed by atoms with van der Waals surface area (Å²) in [5.74, 6) is -3.56. The van der Waals surface area contributed by atoms with Crippen LogP contribution in [0.25, 0.3) is 0 Å². The molecule has 0 aliphatic heterocycles. The van der Waals surface area contributed by atoms with Gasteiger partial charge in [0.2, 0.25) is 0 Å². The van der Waals surface area contributed by atoms with Gasteiger partial charge >= 0.3 is 11.9 Å². The van der Waals surface area contributed by atoms with Gasteiger partial charge in [-0.25, -0.2) is 9.59 Å². The molecule has 0 aromatic heterocycles. The number of hydrogen-bond donors (Lipinski definition) is 2. The standard InChI is InChI=1S/C35H65NO6/c1-5-9-10-11-12-13-14-15-16-17-18-19-20-21-22-23-24-25-29-36(30(26-6-2)33(37)38,31(27-7-3)34(39)40)32(28-8-4)35(41)42/h17-18,30-32H,5-16,19-29H2,1-4H3,(H2-,37,38,39,40,41,42)/b18-17+. The summed E-state index contributed by atoms with van der Waals surface area (Å²) >= 11 is 0. The first kappa shape index (κ1) is 40.1. The summed E-state index contributed by atoms with van der Waals surface area (Å²) in [6.07, 6.45) is 25.7. The molecule has 3 unspecified atom stereocenters. The van der Waals surface area contributed by atoms with Crippen molar-refractivity contribution < 1.29 is 34.2 Å². The fourth-order valence-corrected chi connectivity index (χ4v) is 6.62. The molecule has 42 heavy (non-hydrogen) atoms. The van der Waals surface area contributed by atoms with E-state index < -0.39 is 40.5 Å². The van der Waals surface area contributed by atoms with E-state index in [1.165, 1.54) is 57.8 Å². The summed E-state index contributed by atoms with van der Waals surface area (Å²) < 4.78 is -0.438. The summed E-state index contributed by atoms with van der Waals surface area (Å²) in [5, 5.41) is 33.0. The number of quaternary nitrogens is 1. The second kappa shape index (κ2) is 25.6. The Morgan fingerprint density at radius 1 is 0.548 bits per heavy atom. The van der Waals surface area contributed by atoms with Crippen LogP contribution < -0.4 is 5.11 Å². The molecule has 2 N–H and O–H groups in total. The van der Waals surface area contributed by atoms with Crippen molar-refractivity contribution in [2.45, 2.75) is 187 Å². The van der Waals surface area contributed by atoms with Crippen LogP contribution in [0.5, 0.6) is 0 Å². The van der Waals surface area contributed by atoms with Crippen molar-refractivity contribution in [1.82, 2.24) is 0 Å². The van der Waals surface area contributed by atoms with E-state index in [1.807, 2.05) is 20.8 Å². The summed E-state index contributed by atoms with van der Waals surface area (Å²) in [7, 11) is 0. The Kier molecular flexibility index (Phi) is 24.4.